The molecule has 4 N–H and O–H groups in total. The van der Waals surface area contributed by atoms with Crippen LogP contribution in [0.15, 0.2) is 0 Å². The molecule has 1 aliphatic rings. The molecule has 0 aromatic carbocycles. The van der Waals surface area contributed by atoms with Gasteiger partial charge in [0.05, 0.1) is 18.2 Å². The topological polar surface area (TPSA) is 81.6 Å². The summed E-state index contributed by atoms with van der Waals surface area (Å²) >= 11 is 0. The Kier molecular flexibility index (Phi) is 6.23. The Morgan fingerprint density at radius 3 is 2.74 bits per heavy atom. The molecule has 0 aromatic heterocycles. The number of ether oxygens (including phenoxy) is 1. The van der Waals surface area contributed by atoms with Crippen molar-refractivity contribution in [1.82, 2.24) is 4.90 Å². The lowest BCUT2D eigenvalue weighted by molar-refractivity contribution is -0.124. The van der Waals surface area contributed by atoms with Gasteiger partial charge in [0, 0.05) is 6.54 Å². The maximum atomic E-state index is 11.5. The van der Waals surface area contributed by atoms with Gasteiger partial charge in [-0.15, -0.1) is 0 Å². The van der Waals surface area contributed by atoms with Gasteiger partial charge in [-0.2, -0.15) is 0 Å². The number of rotatable bonds is 8. The van der Waals surface area contributed by atoms with Crippen molar-refractivity contribution in [3.05, 3.63) is 0 Å². The Hall–Kier alpha value is -0.650. The van der Waals surface area contributed by atoms with Gasteiger partial charge in [-0.25, -0.2) is 0 Å². The van der Waals surface area contributed by atoms with Gasteiger partial charge in [0.2, 0.25) is 5.91 Å². The third-order valence-electron chi connectivity index (χ3n) is 4.11. The maximum Gasteiger partial charge on any atom is 0.237 e. The summed E-state index contributed by atoms with van der Waals surface area (Å²) in [6.07, 6.45) is 3.94. The summed E-state index contributed by atoms with van der Waals surface area (Å²) in [6.45, 7) is 6.64. The van der Waals surface area contributed by atoms with Crippen LogP contribution in [0.1, 0.15) is 39.5 Å². The zero-order valence-electron chi connectivity index (χ0n) is 12.5. The highest BCUT2D eigenvalue weighted by Gasteiger charge is 2.43. The molecule has 112 valence electrons. The second-order valence-electron chi connectivity index (χ2n) is 6.01. The number of hydrogen-bond acceptors (Lipinski definition) is 4. The number of hydrogen-bond donors (Lipinski definition) is 2. The molecule has 0 heterocycles. The summed E-state index contributed by atoms with van der Waals surface area (Å²) in [5.74, 6) is -0.126. The molecule has 0 saturated heterocycles. The predicted molar refractivity (Wildman–Crippen MR) is 76.7 cm³/mol. The number of amides is 1. The van der Waals surface area contributed by atoms with E-state index in [1.54, 1.807) is 0 Å². The average Bonchev–Trinajstić information content (AvgIpc) is 2.69. The summed E-state index contributed by atoms with van der Waals surface area (Å²) in [5.41, 5.74) is 10.8. The molecule has 5 heteroatoms. The molecule has 1 amide bonds. The van der Waals surface area contributed by atoms with E-state index >= 15 is 0 Å². The van der Waals surface area contributed by atoms with Gasteiger partial charge in [-0.1, -0.05) is 6.42 Å². The van der Waals surface area contributed by atoms with Crippen LogP contribution in [-0.4, -0.2) is 49.2 Å². The Labute approximate surface area is 116 Å². The van der Waals surface area contributed by atoms with Crippen LogP contribution < -0.4 is 11.5 Å². The van der Waals surface area contributed by atoms with E-state index in [4.69, 9.17) is 16.2 Å². The van der Waals surface area contributed by atoms with Crippen LogP contribution in [0, 0.1) is 5.92 Å². The molecule has 0 aliphatic heterocycles. The van der Waals surface area contributed by atoms with Crippen LogP contribution >= 0.6 is 0 Å². The van der Waals surface area contributed by atoms with E-state index in [2.05, 4.69) is 11.9 Å². The molecule has 1 aliphatic carbocycles. The standard InChI is InChI=1S/C14H29N3O2/c1-11(2)19-10-9-17(3)8-6-12-5-4-7-14(12,16)13(15)18/h11-12H,4-10,16H2,1-3H3,(H2,15,18). The second-order valence-corrected chi connectivity index (χ2v) is 6.01. The van der Waals surface area contributed by atoms with Crippen molar-refractivity contribution in [2.45, 2.75) is 51.2 Å². The largest absolute Gasteiger partial charge is 0.377 e. The first-order valence-electron chi connectivity index (χ1n) is 7.25. The van der Waals surface area contributed by atoms with Crippen LogP contribution in [0.25, 0.3) is 0 Å². The van der Waals surface area contributed by atoms with Crippen LogP contribution in [0.3, 0.4) is 0 Å². The van der Waals surface area contributed by atoms with E-state index in [0.717, 1.165) is 45.4 Å². The Bertz CT molecular complexity index is 296. The highest BCUT2D eigenvalue weighted by Crippen LogP contribution is 2.35. The molecule has 2 unspecified atom stereocenters. The first-order chi connectivity index (χ1) is 8.86. The zero-order chi connectivity index (χ0) is 14.5. The lowest BCUT2D eigenvalue weighted by Crippen LogP contribution is -2.55. The number of nitrogens with zero attached hydrogens (tertiary/aromatic N) is 1. The van der Waals surface area contributed by atoms with Gasteiger partial charge < -0.3 is 21.1 Å². The van der Waals surface area contributed by atoms with Gasteiger partial charge >= 0.3 is 0 Å². The van der Waals surface area contributed by atoms with Crippen molar-refractivity contribution in [2.24, 2.45) is 17.4 Å². The maximum absolute atomic E-state index is 11.5. The lowest BCUT2D eigenvalue weighted by atomic mass is 9.85. The quantitative estimate of drug-likeness (QED) is 0.681. The summed E-state index contributed by atoms with van der Waals surface area (Å²) in [5, 5.41) is 0. The summed E-state index contributed by atoms with van der Waals surface area (Å²) in [7, 11) is 2.07. The fraction of sp³-hybridized carbons (Fsp3) is 0.929. The van der Waals surface area contributed by atoms with Crippen molar-refractivity contribution in [3.8, 4) is 0 Å². The fourth-order valence-electron chi connectivity index (χ4n) is 2.76. The third-order valence-corrected chi connectivity index (χ3v) is 4.11. The first-order valence-corrected chi connectivity index (χ1v) is 7.25. The summed E-state index contributed by atoms with van der Waals surface area (Å²) in [6, 6.07) is 0. The normalized spacial score (nSPS) is 27.4. The van der Waals surface area contributed by atoms with Crippen molar-refractivity contribution < 1.29 is 9.53 Å². The monoisotopic (exact) mass is 271 g/mol. The van der Waals surface area contributed by atoms with Gasteiger partial charge in [0.15, 0.2) is 0 Å². The van der Waals surface area contributed by atoms with E-state index in [-0.39, 0.29) is 17.9 Å². The van der Waals surface area contributed by atoms with Crippen LogP contribution in [0.4, 0.5) is 0 Å². The lowest BCUT2D eigenvalue weighted by Gasteiger charge is -2.29. The number of carbonyl (C=O) groups excluding carboxylic acids is 1. The summed E-state index contributed by atoms with van der Waals surface area (Å²) in [4.78, 5) is 13.7. The first kappa shape index (κ1) is 16.4. The molecule has 0 bridgehead atoms. The Balaban J connectivity index is 2.29. The smallest absolute Gasteiger partial charge is 0.237 e. The van der Waals surface area contributed by atoms with E-state index in [0.29, 0.717) is 0 Å². The average molecular weight is 271 g/mol. The van der Waals surface area contributed by atoms with Crippen molar-refractivity contribution in [3.63, 3.8) is 0 Å². The molecule has 5 nitrogen and oxygen atoms in total. The number of primary amides is 1. The molecule has 0 spiro atoms. The van der Waals surface area contributed by atoms with Crippen molar-refractivity contribution in [1.29, 1.82) is 0 Å². The second kappa shape index (κ2) is 7.22. The van der Waals surface area contributed by atoms with Crippen LogP contribution in [0.2, 0.25) is 0 Å². The van der Waals surface area contributed by atoms with Gasteiger partial charge in [0.25, 0.3) is 0 Å². The molecule has 0 aromatic rings. The Morgan fingerprint density at radius 1 is 1.47 bits per heavy atom. The van der Waals surface area contributed by atoms with Gasteiger partial charge in [-0.05, 0) is 52.6 Å². The fourth-order valence-corrected chi connectivity index (χ4v) is 2.76. The predicted octanol–water partition coefficient (Wildman–Crippen LogP) is 0.716. The van der Waals surface area contributed by atoms with Crippen molar-refractivity contribution >= 4 is 5.91 Å². The third kappa shape index (κ3) is 4.75. The minimum Gasteiger partial charge on any atom is -0.377 e. The van der Waals surface area contributed by atoms with Crippen molar-refractivity contribution in [2.75, 3.05) is 26.7 Å². The number of carbonyl (C=O) groups is 1. The SMILES string of the molecule is CC(C)OCCN(C)CCC1CCCC1(N)C(N)=O. The summed E-state index contributed by atoms with van der Waals surface area (Å²) < 4.78 is 5.52. The van der Waals surface area contributed by atoms with E-state index < -0.39 is 5.54 Å². The minimum absolute atomic E-state index is 0.221. The number of nitrogens with two attached hydrogens (primary N) is 2. The van der Waals surface area contributed by atoms with Crippen LogP contribution in [0.5, 0.6) is 0 Å². The van der Waals surface area contributed by atoms with E-state index in [1.165, 1.54) is 0 Å². The minimum atomic E-state index is -0.782. The molecule has 1 fully saturated rings. The highest BCUT2D eigenvalue weighted by atomic mass is 16.5. The molecular formula is C14H29N3O2. The molecule has 19 heavy (non-hydrogen) atoms. The van der Waals surface area contributed by atoms with Gasteiger partial charge in [-0.3, -0.25) is 4.79 Å². The molecule has 0 radical (unpaired) electrons. The number of likely N-dealkylation sites (N-methyl/N-ethyl adjacent to an activating group) is 1. The molecule has 1 saturated carbocycles. The molecule has 2 atom stereocenters. The van der Waals surface area contributed by atoms with Gasteiger partial charge in [0.1, 0.15) is 0 Å². The highest BCUT2D eigenvalue weighted by molar-refractivity contribution is 5.85. The Morgan fingerprint density at radius 2 is 2.16 bits per heavy atom. The van der Waals surface area contributed by atoms with Crippen LogP contribution in [-0.2, 0) is 9.53 Å². The van der Waals surface area contributed by atoms with E-state index in [1.807, 2.05) is 13.8 Å². The molecular weight excluding hydrogens is 242 g/mol. The van der Waals surface area contributed by atoms with E-state index in [9.17, 15) is 4.79 Å². The molecule has 1 rings (SSSR count). The zero-order valence-corrected chi connectivity index (χ0v) is 12.5.